The van der Waals surface area contributed by atoms with Crippen LogP contribution in [0.1, 0.15) is 23.8 Å². The Hall–Kier alpha value is -2.96. The first-order chi connectivity index (χ1) is 12.6. The van der Waals surface area contributed by atoms with Crippen molar-refractivity contribution < 1.29 is 23.8 Å². The number of aryl methyl sites for hydroxylation is 1. The molecule has 0 aliphatic carbocycles. The lowest BCUT2D eigenvalue weighted by atomic mass is 10.2. The molecule has 0 atom stereocenters. The second-order valence-electron chi connectivity index (χ2n) is 5.84. The van der Waals surface area contributed by atoms with Crippen molar-refractivity contribution in [1.29, 1.82) is 0 Å². The first kappa shape index (κ1) is 17.8. The van der Waals surface area contributed by atoms with Crippen molar-refractivity contribution in [2.24, 2.45) is 0 Å². The van der Waals surface area contributed by atoms with Crippen LogP contribution in [0.3, 0.4) is 0 Å². The van der Waals surface area contributed by atoms with Gasteiger partial charge in [-0.15, -0.1) is 0 Å². The number of carbonyl (C=O) groups is 2. The van der Waals surface area contributed by atoms with Gasteiger partial charge in [0.2, 0.25) is 5.75 Å². The van der Waals surface area contributed by atoms with Crippen LogP contribution in [-0.2, 0) is 11.3 Å². The van der Waals surface area contributed by atoms with Crippen LogP contribution in [-0.4, -0.2) is 49.2 Å². The van der Waals surface area contributed by atoms with E-state index in [9.17, 15) is 9.59 Å². The number of fused-ring (bicyclic) bond motifs is 1. The first-order valence-electron chi connectivity index (χ1n) is 8.41. The van der Waals surface area contributed by atoms with Crippen LogP contribution in [0.25, 0.3) is 10.9 Å². The Morgan fingerprint density at radius 1 is 1.12 bits per heavy atom. The van der Waals surface area contributed by atoms with Crippen molar-refractivity contribution in [3.63, 3.8) is 0 Å². The van der Waals surface area contributed by atoms with Crippen molar-refractivity contribution in [2.75, 3.05) is 27.9 Å². The number of nitrogens with zero attached hydrogens (tertiary/aromatic N) is 2. The lowest BCUT2D eigenvalue weighted by Crippen LogP contribution is -2.39. The summed E-state index contributed by atoms with van der Waals surface area (Å²) in [5.41, 5.74) is 1.16. The normalized spacial score (nSPS) is 14.0. The van der Waals surface area contributed by atoms with Gasteiger partial charge in [0, 0.05) is 18.5 Å². The third kappa shape index (κ3) is 2.69. The number of methoxy groups -OCH3 is 3. The van der Waals surface area contributed by atoms with Crippen LogP contribution in [0, 0.1) is 0 Å². The van der Waals surface area contributed by atoms with Crippen LogP contribution in [0.15, 0.2) is 24.3 Å². The highest BCUT2D eigenvalue weighted by Crippen LogP contribution is 2.44. The van der Waals surface area contributed by atoms with Gasteiger partial charge in [-0.3, -0.25) is 14.5 Å². The number of imide groups is 1. The summed E-state index contributed by atoms with van der Waals surface area (Å²) in [5.74, 6) is 0.855. The van der Waals surface area contributed by atoms with E-state index in [-0.39, 0.29) is 11.8 Å². The molecule has 0 spiro atoms. The fourth-order valence-corrected chi connectivity index (χ4v) is 3.33. The molecule has 1 aliphatic heterocycles. The number of amides is 2. The predicted octanol–water partition coefficient (Wildman–Crippen LogP) is 2.62. The van der Waals surface area contributed by atoms with Gasteiger partial charge >= 0.3 is 0 Å². The Balaban J connectivity index is 2.23. The molecule has 0 N–H and O–H groups in total. The van der Waals surface area contributed by atoms with E-state index in [1.807, 2.05) is 11.5 Å². The third-order valence-corrected chi connectivity index (χ3v) is 4.51. The average Bonchev–Trinajstić information content (AvgIpc) is 3.04. The van der Waals surface area contributed by atoms with Crippen LogP contribution < -0.4 is 14.2 Å². The van der Waals surface area contributed by atoms with Gasteiger partial charge in [-0.05, 0) is 31.6 Å². The minimum absolute atomic E-state index is 0.295. The summed E-state index contributed by atoms with van der Waals surface area (Å²) in [6.45, 7) is 2.85. The second-order valence-corrected chi connectivity index (χ2v) is 5.84. The van der Waals surface area contributed by atoms with Gasteiger partial charge < -0.3 is 18.8 Å². The molecule has 2 heterocycles. The fourth-order valence-electron chi connectivity index (χ4n) is 3.33. The Morgan fingerprint density at radius 2 is 1.85 bits per heavy atom. The summed E-state index contributed by atoms with van der Waals surface area (Å²) in [6.07, 6.45) is 3.88. The Kier molecular flexibility index (Phi) is 4.88. The Morgan fingerprint density at radius 3 is 2.42 bits per heavy atom. The standard InChI is InChI=1S/C19H22N2O5/c1-5-20-13(19(23)21-9-7-6-8-15(21)22)10-12-11-14(24-2)17(25-3)18(26-4)16(12)20/h6,8,10-11H,5,7,9H2,1-4H3. The van der Waals surface area contributed by atoms with E-state index in [4.69, 9.17) is 14.2 Å². The second kappa shape index (κ2) is 7.11. The average molecular weight is 358 g/mol. The van der Waals surface area contributed by atoms with Gasteiger partial charge in [0.25, 0.3) is 11.8 Å². The fraction of sp³-hybridized carbons (Fsp3) is 0.368. The van der Waals surface area contributed by atoms with Gasteiger partial charge in [-0.1, -0.05) is 6.08 Å². The number of hydrogen-bond donors (Lipinski definition) is 0. The smallest absolute Gasteiger partial charge is 0.277 e. The number of benzene rings is 1. The van der Waals surface area contributed by atoms with E-state index in [0.717, 1.165) is 10.9 Å². The zero-order valence-corrected chi connectivity index (χ0v) is 15.4. The molecule has 138 valence electrons. The van der Waals surface area contributed by atoms with Crippen LogP contribution in [0.5, 0.6) is 17.2 Å². The third-order valence-electron chi connectivity index (χ3n) is 4.51. The molecule has 2 amide bonds. The largest absolute Gasteiger partial charge is 0.493 e. The first-order valence-corrected chi connectivity index (χ1v) is 8.41. The van der Waals surface area contributed by atoms with Gasteiger partial charge in [-0.25, -0.2) is 0 Å². The maximum atomic E-state index is 13.0. The van der Waals surface area contributed by atoms with Crippen LogP contribution >= 0.6 is 0 Å². The Bertz CT molecular complexity index is 897. The summed E-state index contributed by atoms with van der Waals surface area (Å²) in [7, 11) is 4.63. The molecule has 26 heavy (non-hydrogen) atoms. The highest BCUT2D eigenvalue weighted by molar-refractivity contribution is 6.10. The van der Waals surface area contributed by atoms with Crippen molar-refractivity contribution in [3.8, 4) is 17.2 Å². The van der Waals surface area contributed by atoms with Crippen LogP contribution in [0.2, 0.25) is 0 Å². The van der Waals surface area contributed by atoms with Gasteiger partial charge in [0.15, 0.2) is 11.5 Å². The van der Waals surface area contributed by atoms with Crippen molar-refractivity contribution in [1.82, 2.24) is 9.47 Å². The quantitative estimate of drug-likeness (QED) is 0.769. The van der Waals surface area contributed by atoms with Crippen molar-refractivity contribution in [2.45, 2.75) is 19.9 Å². The SMILES string of the molecule is CCn1c(C(=O)N2CCC=CC2=O)cc2cc(OC)c(OC)c(OC)c21. The lowest BCUT2D eigenvalue weighted by Gasteiger charge is -2.22. The number of carbonyl (C=O) groups excluding carboxylic acids is 2. The zero-order valence-electron chi connectivity index (χ0n) is 15.4. The lowest BCUT2D eigenvalue weighted by molar-refractivity contribution is -0.124. The van der Waals surface area contributed by atoms with Gasteiger partial charge in [0.05, 0.1) is 26.8 Å². The van der Waals surface area contributed by atoms with E-state index in [1.165, 1.54) is 18.1 Å². The molecule has 0 saturated carbocycles. The van der Waals surface area contributed by atoms with Gasteiger partial charge in [-0.2, -0.15) is 0 Å². The number of rotatable bonds is 5. The summed E-state index contributed by atoms with van der Waals surface area (Å²) in [6, 6.07) is 3.56. The predicted molar refractivity (Wildman–Crippen MR) is 97.1 cm³/mol. The topological polar surface area (TPSA) is 70.0 Å². The molecule has 1 aromatic heterocycles. The molecule has 7 heteroatoms. The monoisotopic (exact) mass is 358 g/mol. The molecule has 1 aliphatic rings. The molecule has 3 rings (SSSR count). The minimum atomic E-state index is -0.322. The molecule has 1 aromatic carbocycles. The maximum Gasteiger partial charge on any atom is 0.277 e. The maximum absolute atomic E-state index is 13.0. The van der Waals surface area contributed by atoms with E-state index >= 15 is 0 Å². The van der Waals surface area contributed by atoms with E-state index in [1.54, 1.807) is 32.4 Å². The van der Waals surface area contributed by atoms with E-state index in [0.29, 0.717) is 42.5 Å². The summed E-state index contributed by atoms with van der Waals surface area (Å²) < 4.78 is 18.2. The van der Waals surface area contributed by atoms with Crippen LogP contribution in [0.4, 0.5) is 0 Å². The summed E-state index contributed by atoms with van der Waals surface area (Å²) in [4.78, 5) is 26.4. The molecule has 7 nitrogen and oxygen atoms in total. The molecule has 0 saturated heterocycles. The number of ether oxygens (including phenoxy) is 3. The van der Waals surface area contributed by atoms with Crippen molar-refractivity contribution >= 4 is 22.7 Å². The van der Waals surface area contributed by atoms with Crippen molar-refractivity contribution in [3.05, 3.63) is 30.0 Å². The molecule has 0 unspecified atom stereocenters. The highest BCUT2D eigenvalue weighted by atomic mass is 16.5. The van der Waals surface area contributed by atoms with E-state index in [2.05, 4.69) is 0 Å². The molecule has 2 aromatic rings. The number of hydrogen-bond acceptors (Lipinski definition) is 5. The van der Waals surface area contributed by atoms with E-state index < -0.39 is 0 Å². The molecule has 0 radical (unpaired) electrons. The van der Waals surface area contributed by atoms with Gasteiger partial charge in [0.1, 0.15) is 5.69 Å². The highest BCUT2D eigenvalue weighted by Gasteiger charge is 2.28. The summed E-state index contributed by atoms with van der Waals surface area (Å²) in [5, 5.41) is 0.782. The molecular weight excluding hydrogens is 336 g/mol. The Labute approximate surface area is 151 Å². The molecule has 0 bridgehead atoms. The molecule has 0 fully saturated rings. The minimum Gasteiger partial charge on any atom is -0.493 e. The molecular formula is C19H22N2O5. The zero-order chi connectivity index (χ0) is 18.8. The summed E-state index contributed by atoms with van der Waals surface area (Å²) >= 11 is 0. The number of aromatic nitrogens is 1.